The highest BCUT2D eigenvalue weighted by Crippen LogP contribution is 2.30. The van der Waals surface area contributed by atoms with Crippen molar-refractivity contribution >= 4 is 17.4 Å². The molecule has 2 rings (SSSR count). The van der Waals surface area contributed by atoms with E-state index in [0.29, 0.717) is 11.2 Å². The van der Waals surface area contributed by atoms with Crippen molar-refractivity contribution in [2.75, 3.05) is 11.4 Å². The molecule has 0 aliphatic heterocycles. The predicted molar refractivity (Wildman–Crippen MR) is 62.3 cm³/mol. The van der Waals surface area contributed by atoms with Crippen LogP contribution in [0.25, 0.3) is 0 Å². The van der Waals surface area contributed by atoms with E-state index in [1.54, 1.807) is 12.4 Å². The summed E-state index contributed by atoms with van der Waals surface area (Å²) in [5.74, 6) is 0.929. The van der Waals surface area contributed by atoms with Crippen molar-refractivity contribution in [1.29, 1.82) is 0 Å². The Balaban J connectivity index is 2.09. The van der Waals surface area contributed by atoms with Crippen LogP contribution in [0.5, 0.6) is 0 Å². The van der Waals surface area contributed by atoms with Gasteiger partial charge in [0.1, 0.15) is 11.0 Å². The molecule has 1 saturated carbocycles. The van der Waals surface area contributed by atoms with Crippen LogP contribution in [0.1, 0.15) is 32.6 Å². The molecule has 0 bridgehead atoms. The maximum atomic E-state index is 5.85. The van der Waals surface area contributed by atoms with E-state index < -0.39 is 0 Å². The number of unbranched alkanes of at least 4 members (excludes halogenated alkanes) is 1. The summed E-state index contributed by atoms with van der Waals surface area (Å²) >= 11 is 5.85. The summed E-state index contributed by atoms with van der Waals surface area (Å²) in [5.41, 5.74) is 0. The highest BCUT2D eigenvalue weighted by atomic mass is 35.5. The van der Waals surface area contributed by atoms with Crippen LogP contribution in [0.3, 0.4) is 0 Å². The number of nitrogens with zero attached hydrogens (tertiary/aromatic N) is 3. The Kier molecular flexibility index (Phi) is 3.41. The molecule has 0 atom stereocenters. The summed E-state index contributed by atoms with van der Waals surface area (Å²) in [5, 5.41) is 0.481. The highest BCUT2D eigenvalue weighted by molar-refractivity contribution is 6.29. The number of rotatable bonds is 5. The van der Waals surface area contributed by atoms with Gasteiger partial charge in [0.05, 0.1) is 12.4 Å². The normalized spacial score (nSPS) is 15.3. The van der Waals surface area contributed by atoms with Crippen LogP contribution in [0.15, 0.2) is 12.4 Å². The summed E-state index contributed by atoms with van der Waals surface area (Å²) in [4.78, 5) is 10.7. The van der Waals surface area contributed by atoms with E-state index >= 15 is 0 Å². The first-order valence-electron chi connectivity index (χ1n) is 5.55. The molecular weight excluding hydrogens is 210 g/mol. The van der Waals surface area contributed by atoms with Crippen LogP contribution in [-0.2, 0) is 0 Å². The molecule has 0 amide bonds. The van der Waals surface area contributed by atoms with Crippen molar-refractivity contribution in [3.05, 3.63) is 17.5 Å². The van der Waals surface area contributed by atoms with Crippen LogP contribution in [0.2, 0.25) is 5.15 Å². The summed E-state index contributed by atoms with van der Waals surface area (Å²) in [7, 11) is 0. The Hall–Kier alpha value is -0.830. The van der Waals surface area contributed by atoms with Gasteiger partial charge >= 0.3 is 0 Å². The Labute approximate surface area is 95.5 Å². The van der Waals surface area contributed by atoms with Crippen molar-refractivity contribution in [1.82, 2.24) is 9.97 Å². The molecule has 82 valence electrons. The molecule has 3 nitrogen and oxygen atoms in total. The van der Waals surface area contributed by atoms with Crippen LogP contribution < -0.4 is 4.90 Å². The smallest absolute Gasteiger partial charge is 0.149 e. The minimum atomic E-state index is 0.481. The number of halogens is 1. The fourth-order valence-corrected chi connectivity index (χ4v) is 1.81. The van der Waals surface area contributed by atoms with Gasteiger partial charge in [0.15, 0.2) is 0 Å². The summed E-state index contributed by atoms with van der Waals surface area (Å²) in [6.45, 7) is 3.27. The van der Waals surface area contributed by atoms with Gasteiger partial charge in [0.2, 0.25) is 0 Å². The topological polar surface area (TPSA) is 29.0 Å². The van der Waals surface area contributed by atoms with Crippen LogP contribution in [0.4, 0.5) is 5.82 Å². The van der Waals surface area contributed by atoms with Gasteiger partial charge in [0.25, 0.3) is 0 Å². The molecule has 1 aliphatic carbocycles. The third-order valence-electron chi connectivity index (χ3n) is 2.63. The van der Waals surface area contributed by atoms with Crippen molar-refractivity contribution in [3.63, 3.8) is 0 Å². The van der Waals surface area contributed by atoms with Crippen molar-refractivity contribution < 1.29 is 0 Å². The lowest BCUT2D eigenvalue weighted by atomic mass is 10.3. The van der Waals surface area contributed by atoms with Crippen molar-refractivity contribution in [2.24, 2.45) is 0 Å². The molecular formula is C11H16ClN3. The molecule has 4 heteroatoms. The third kappa shape index (κ3) is 2.81. The molecule has 1 fully saturated rings. The Morgan fingerprint density at radius 2 is 2.27 bits per heavy atom. The molecule has 1 aliphatic rings. The maximum absolute atomic E-state index is 5.85. The molecule has 0 spiro atoms. The molecule has 1 aromatic rings. The zero-order chi connectivity index (χ0) is 10.7. The lowest BCUT2D eigenvalue weighted by Gasteiger charge is -2.22. The number of hydrogen-bond donors (Lipinski definition) is 0. The summed E-state index contributed by atoms with van der Waals surface area (Å²) in [6.07, 6.45) is 8.34. The predicted octanol–water partition coefficient (Wildman–Crippen LogP) is 2.90. The lowest BCUT2D eigenvalue weighted by Crippen LogP contribution is -2.27. The summed E-state index contributed by atoms with van der Waals surface area (Å²) in [6, 6.07) is 0.671. The van der Waals surface area contributed by atoms with E-state index in [0.717, 1.165) is 12.4 Å². The molecule has 0 saturated heterocycles. The van der Waals surface area contributed by atoms with E-state index in [9.17, 15) is 0 Å². The average Bonchev–Trinajstić information content (AvgIpc) is 3.03. The number of anilines is 1. The van der Waals surface area contributed by atoms with Crippen LogP contribution >= 0.6 is 11.6 Å². The Bertz CT molecular complexity index is 325. The maximum Gasteiger partial charge on any atom is 0.149 e. The Morgan fingerprint density at radius 1 is 1.47 bits per heavy atom. The monoisotopic (exact) mass is 225 g/mol. The van der Waals surface area contributed by atoms with Crippen molar-refractivity contribution in [2.45, 2.75) is 38.6 Å². The van der Waals surface area contributed by atoms with E-state index in [-0.39, 0.29) is 0 Å². The fraction of sp³-hybridized carbons (Fsp3) is 0.636. The second-order valence-electron chi connectivity index (χ2n) is 3.98. The van der Waals surface area contributed by atoms with Gasteiger partial charge in [-0.25, -0.2) is 4.98 Å². The fourth-order valence-electron chi connectivity index (χ4n) is 1.67. The van der Waals surface area contributed by atoms with E-state index in [2.05, 4.69) is 21.8 Å². The largest absolute Gasteiger partial charge is 0.352 e. The molecule has 0 radical (unpaired) electrons. The standard InChI is InChI=1S/C11H16ClN3/c1-2-3-6-15(9-4-5-9)11-8-13-7-10(12)14-11/h7-9H,2-6H2,1H3. The minimum absolute atomic E-state index is 0.481. The van der Waals surface area contributed by atoms with Gasteiger partial charge in [-0.1, -0.05) is 24.9 Å². The van der Waals surface area contributed by atoms with Gasteiger partial charge in [-0.15, -0.1) is 0 Å². The second kappa shape index (κ2) is 4.79. The molecule has 1 aromatic heterocycles. The van der Waals surface area contributed by atoms with Gasteiger partial charge in [0, 0.05) is 12.6 Å². The van der Waals surface area contributed by atoms with Crippen LogP contribution in [-0.4, -0.2) is 22.6 Å². The van der Waals surface area contributed by atoms with E-state index in [1.165, 1.54) is 25.7 Å². The number of aromatic nitrogens is 2. The molecule has 0 unspecified atom stereocenters. The SMILES string of the molecule is CCCCN(c1cncc(Cl)n1)C1CC1. The molecule has 15 heavy (non-hydrogen) atoms. The van der Waals surface area contributed by atoms with Crippen molar-refractivity contribution in [3.8, 4) is 0 Å². The van der Waals surface area contributed by atoms with E-state index in [4.69, 9.17) is 11.6 Å². The van der Waals surface area contributed by atoms with Gasteiger partial charge < -0.3 is 4.90 Å². The molecule has 0 N–H and O–H groups in total. The second-order valence-corrected chi connectivity index (χ2v) is 4.37. The molecule has 0 aromatic carbocycles. The highest BCUT2D eigenvalue weighted by Gasteiger charge is 2.29. The number of hydrogen-bond acceptors (Lipinski definition) is 3. The van der Waals surface area contributed by atoms with E-state index in [1.807, 2.05) is 0 Å². The Morgan fingerprint density at radius 3 is 2.87 bits per heavy atom. The molecule has 1 heterocycles. The first-order chi connectivity index (χ1) is 7.31. The van der Waals surface area contributed by atoms with Gasteiger partial charge in [-0.2, -0.15) is 0 Å². The zero-order valence-electron chi connectivity index (χ0n) is 8.99. The lowest BCUT2D eigenvalue weighted by molar-refractivity contribution is 0.703. The minimum Gasteiger partial charge on any atom is -0.352 e. The first kappa shape index (κ1) is 10.7. The van der Waals surface area contributed by atoms with Gasteiger partial charge in [-0.3, -0.25) is 4.98 Å². The first-order valence-corrected chi connectivity index (χ1v) is 5.93. The quantitative estimate of drug-likeness (QED) is 0.772. The zero-order valence-corrected chi connectivity index (χ0v) is 9.74. The van der Waals surface area contributed by atoms with Crippen LogP contribution in [0, 0.1) is 0 Å². The van der Waals surface area contributed by atoms with Gasteiger partial charge in [-0.05, 0) is 19.3 Å². The average molecular weight is 226 g/mol. The third-order valence-corrected chi connectivity index (χ3v) is 2.81. The summed E-state index contributed by atoms with van der Waals surface area (Å²) < 4.78 is 0.